The largest absolute Gasteiger partial charge is 0.454 e. The van der Waals surface area contributed by atoms with E-state index in [4.69, 9.17) is 9.47 Å². The first-order chi connectivity index (χ1) is 19.4. The van der Waals surface area contributed by atoms with Crippen LogP contribution >= 0.6 is 11.8 Å². The lowest BCUT2D eigenvalue weighted by molar-refractivity contribution is -0.113. The van der Waals surface area contributed by atoms with Crippen molar-refractivity contribution < 1.29 is 23.9 Å². The molecular formula is C32H26N2O5S. The lowest BCUT2D eigenvalue weighted by atomic mass is 10.1. The zero-order valence-electron chi connectivity index (χ0n) is 21.7. The number of fused-ring (bicyclic) bond motifs is 1. The summed E-state index contributed by atoms with van der Waals surface area (Å²) in [5.74, 6) is 0.495. The molecule has 0 fully saturated rings. The number of carbonyl (C=O) groups is 3. The van der Waals surface area contributed by atoms with Gasteiger partial charge in [0, 0.05) is 21.7 Å². The standard InChI is InChI=1S/C32H26N2O5S/c1-21-10-12-22(13-11-21)16-27(34-31(36)23-6-3-2-4-7-23)32(37)33-25-8-5-9-26(18-25)40-19-28(35)24-14-15-29-30(17-24)39-20-38-29/h2-18H,19-20H2,1H3,(H,33,37)(H,34,36)/b27-16-. The van der Waals surface area contributed by atoms with E-state index in [1.54, 1.807) is 66.7 Å². The van der Waals surface area contributed by atoms with Crippen molar-refractivity contribution >= 4 is 41.1 Å². The number of nitrogens with one attached hydrogen (secondary N) is 2. The molecule has 0 spiro atoms. The van der Waals surface area contributed by atoms with Gasteiger partial charge in [-0.2, -0.15) is 0 Å². The van der Waals surface area contributed by atoms with E-state index in [0.29, 0.717) is 28.3 Å². The number of hydrogen-bond donors (Lipinski definition) is 2. The van der Waals surface area contributed by atoms with Crippen LogP contribution in [0.1, 0.15) is 31.8 Å². The van der Waals surface area contributed by atoms with Crippen LogP contribution in [0.15, 0.2) is 108 Å². The van der Waals surface area contributed by atoms with Crippen molar-refractivity contribution in [3.05, 3.63) is 125 Å². The Balaban J connectivity index is 1.28. The number of carbonyl (C=O) groups excluding carboxylic acids is 3. The molecule has 2 N–H and O–H groups in total. The van der Waals surface area contributed by atoms with Gasteiger partial charge in [0.05, 0.1) is 5.75 Å². The van der Waals surface area contributed by atoms with Crippen LogP contribution in [0.3, 0.4) is 0 Å². The number of Topliss-reactive ketones (excluding diaryl/α,β-unsaturated/α-hetero) is 1. The molecule has 4 aromatic carbocycles. The van der Waals surface area contributed by atoms with Crippen LogP contribution < -0.4 is 20.1 Å². The van der Waals surface area contributed by atoms with Crippen molar-refractivity contribution in [2.45, 2.75) is 11.8 Å². The predicted octanol–water partition coefficient (Wildman–Crippen LogP) is 6.11. The number of hydrogen-bond acceptors (Lipinski definition) is 6. The van der Waals surface area contributed by atoms with Gasteiger partial charge in [-0.15, -0.1) is 11.8 Å². The molecule has 0 saturated carbocycles. The number of thioether (sulfide) groups is 1. The number of amides is 2. The fourth-order valence-corrected chi connectivity index (χ4v) is 4.79. The Morgan fingerprint density at radius 2 is 1.60 bits per heavy atom. The molecule has 2 amide bonds. The molecule has 1 heterocycles. The van der Waals surface area contributed by atoms with Crippen LogP contribution in [0, 0.1) is 6.92 Å². The fourth-order valence-electron chi connectivity index (χ4n) is 3.94. The Hall–Kier alpha value is -4.82. The highest BCUT2D eigenvalue weighted by molar-refractivity contribution is 8.00. The fraction of sp³-hybridized carbons (Fsp3) is 0.0938. The molecule has 0 radical (unpaired) electrons. The Kier molecular flexibility index (Phi) is 8.27. The molecule has 0 bridgehead atoms. The highest BCUT2D eigenvalue weighted by Crippen LogP contribution is 2.33. The quantitative estimate of drug-likeness (QED) is 0.148. The number of ether oxygens (including phenoxy) is 2. The molecule has 0 atom stereocenters. The molecule has 40 heavy (non-hydrogen) atoms. The summed E-state index contributed by atoms with van der Waals surface area (Å²) in [6.07, 6.45) is 1.64. The minimum absolute atomic E-state index is 0.0512. The third kappa shape index (κ3) is 6.78. The van der Waals surface area contributed by atoms with Crippen molar-refractivity contribution in [3.63, 3.8) is 0 Å². The topological polar surface area (TPSA) is 93.7 Å². The van der Waals surface area contributed by atoms with E-state index >= 15 is 0 Å². The first kappa shape index (κ1) is 26.8. The van der Waals surface area contributed by atoms with Crippen LogP contribution in [-0.4, -0.2) is 30.1 Å². The molecule has 7 nitrogen and oxygen atoms in total. The number of aryl methyl sites for hydroxylation is 1. The lowest BCUT2D eigenvalue weighted by Gasteiger charge is -2.12. The van der Waals surface area contributed by atoms with Gasteiger partial charge >= 0.3 is 0 Å². The second-order valence-corrected chi connectivity index (χ2v) is 10.1. The summed E-state index contributed by atoms with van der Waals surface area (Å²) in [5.41, 5.74) is 3.48. The van der Waals surface area contributed by atoms with Crippen molar-refractivity contribution in [2.24, 2.45) is 0 Å². The normalized spacial score (nSPS) is 12.1. The van der Waals surface area contributed by atoms with E-state index in [1.807, 2.05) is 43.3 Å². The molecule has 0 aliphatic carbocycles. The van der Waals surface area contributed by atoms with Gasteiger partial charge in [0.1, 0.15) is 5.70 Å². The van der Waals surface area contributed by atoms with Gasteiger partial charge in [-0.1, -0.05) is 54.1 Å². The molecular weight excluding hydrogens is 524 g/mol. The Morgan fingerprint density at radius 1 is 0.825 bits per heavy atom. The molecule has 0 aromatic heterocycles. The van der Waals surface area contributed by atoms with E-state index in [2.05, 4.69) is 10.6 Å². The molecule has 0 saturated heterocycles. The second-order valence-electron chi connectivity index (χ2n) is 9.05. The maximum atomic E-state index is 13.3. The van der Waals surface area contributed by atoms with Crippen molar-refractivity contribution in [1.82, 2.24) is 5.32 Å². The average Bonchev–Trinajstić information content (AvgIpc) is 3.45. The molecule has 1 aliphatic rings. The molecule has 200 valence electrons. The summed E-state index contributed by atoms with van der Waals surface area (Å²) >= 11 is 1.36. The summed E-state index contributed by atoms with van der Waals surface area (Å²) in [6.45, 7) is 2.13. The first-order valence-corrected chi connectivity index (χ1v) is 13.5. The van der Waals surface area contributed by atoms with Crippen LogP contribution in [0.25, 0.3) is 6.08 Å². The van der Waals surface area contributed by atoms with Crippen molar-refractivity contribution in [3.8, 4) is 11.5 Å². The summed E-state index contributed by atoms with van der Waals surface area (Å²) < 4.78 is 10.7. The molecule has 5 rings (SSSR count). The van der Waals surface area contributed by atoms with Crippen LogP contribution in [-0.2, 0) is 4.79 Å². The Morgan fingerprint density at radius 3 is 2.40 bits per heavy atom. The number of benzene rings is 4. The SMILES string of the molecule is Cc1ccc(/C=C(\NC(=O)c2ccccc2)C(=O)Nc2cccc(SCC(=O)c3ccc4c(c3)OCO4)c2)cc1. The van der Waals surface area contributed by atoms with Gasteiger partial charge in [0.25, 0.3) is 11.8 Å². The van der Waals surface area contributed by atoms with Crippen LogP contribution in [0.2, 0.25) is 0 Å². The smallest absolute Gasteiger partial charge is 0.272 e. The van der Waals surface area contributed by atoms with E-state index in [9.17, 15) is 14.4 Å². The summed E-state index contributed by atoms with van der Waals surface area (Å²) in [7, 11) is 0. The van der Waals surface area contributed by atoms with Crippen LogP contribution in [0.4, 0.5) is 5.69 Å². The third-order valence-electron chi connectivity index (χ3n) is 6.07. The van der Waals surface area contributed by atoms with Gasteiger partial charge in [-0.25, -0.2) is 0 Å². The lowest BCUT2D eigenvalue weighted by Crippen LogP contribution is -2.30. The highest BCUT2D eigenvalue weighted by Gasteiger charge is 2.17. The number of ketones is 1. The van der Waals surface area contributed by atoms with Crippen molar-refractivity contribution in [2.75, 3.05) is 17.9 Å². The number of rotatable bonds is 9. The third-order valence-corrected chi connectivity index (χ3v) is 7.07. The molecule has 1 aliphatic heterocycles. The highest BCUT2D eigenvalue weighted by atomic mass is 32.2. The monoisotopic (exact) mass is 550 g/mol. The maximum Gasteiger partial charge on any atom is 0.272 e. The summed E-state index contributed by atoms with van der Waals surface area (Å²) in [6, 6.07) is 28.7. The molecule has 4 aromatic rings. The summed E-state index contributed by atoms with van der Waals surface area (Å²) in [5, 5.41) is 5.62. The summed E-state index contributed by atoms with van der Waals surface area (Å²) in [4.78, 5) is 39.7. The minimum Gasteiger partial charge on any atom is -0.454 e. The van der Waals surface area contributed by atoms with E-state index in [1.165, 1.54) is 11.8 Å². The van der Waals surface area contributed by atoms with E-state index in [-0.39, 0.29) is 29.9 Å². The van der Waals surface area contributed by atoms with Gasteiger partial charge in [0.15, 0.2) is 17.3 Å². The van der Waals surface area contributed by atoms with Gasteiger partial charge in [-0.3, -0.25) is 14.4 Å². The van der Waals surface area contributed by atoms with Crippen molar-refractivity contribution in [1.29, 1.82) is 0 Å². The van der Waals surface area contributed by atoms with Crippen LogP contribution in [0.5, 0.6) is 11.5 Å². The molecule has 8 heteroatoms. The Bertz CT molecular complexity index is 1580. The molecule has 0 unspecified atom stereocenters. The minimum atomic E-state index is -0.469. The second kappa shape index (κ2) is 12.4. The number of anilines is 1. The van der Waals surface area contributed by atoms with E-state index < -0.39 is 5.91 Å². The zero-order chi connectivity index (χ0) is 27.9. The van der Waals surface area contributed by atoms with Gasteiger partial charge in [0.2, 0.25) is 6.79 Å². The Labute approximate surface area is 236 Å². The van der Waals surface area contributed by atoms with E-state index in [0.717, 1.165) is 16.0 Å². The van der Waals surface area contributed by atoms with Gasteiger partial charge in [-0.05, 0) is 67.1 Å². The predicted molar refractivity (Wildman–Crippen MR) is 156 cm³/mol. The zero-order valence-corrected chi connectivity index (χ0v) is 22.5. The average molecular weight is 551 g/mol. The first-order valence-electron chi connectivity index (χ1n) is 12.6. The van der Waals surface area contributed by atoms with Gasteiger partial charge < -0.3 is 20.1 Å². The maximum absolute atomic E-state index is 13.3.